The van der Waals surface area contributed by atoms with Crippen molar-refractivity contribution in [1.29, 1.82) is 0 Å². The van der Waals surface area contributed by atoms with Gasteiger partial charge in [-0.1, -0.05) is 28.1 Å². The lowest BCUT2D eigenvalue weighted by atomic mass is 10.1. The first-order valence-corrected chi connectivity index (χ1v) is 8.29. The molecule has 6 heteroatoms. The molecule has 0 fully saturated rings. The van der Waals surface area contributed by atoms with Crippen LogP contribution < -0.4 is 10.1 Å². The molecule has 2 rings (SSSR count). The first-order chi connectivity index (χ1) is 11.4. The summed E-state index contributed by atoms with van der Waals surface area (Å²) >= 11 is 3.44. The van der Waals surface area contributed by atoms with Crippen LogP contribution in [0.15, 0.2) is 46.9 Å². The Morgan fingerprint density at radius 2 is 2.04 bits per heavy atom. The van der Waals surface area contributed by atoms with Crippen molar-refractivity contribution >= 4 is 27.5 Å². The number of carbonyl (C=O) groups is 1. The third-order valence-corrected chi connectivity index (χ3v) is 4.33. The van der Waals surface area contributed by atoms with Gasteiger partial charge >= 0.3 is 0 Å². The SMILES string of the molecule is COc1ccc(Br)cc1CN(C)[C@@H](C)C(=O)Nc1ccccc1F. The Kier molecular flexibility index (Phi) is 6.34. The summed E-state index contributed by atoms with van der Waals surface area (Å²) in [7, 11) is 3.45. The summed E-state index contributed by atoms with van der Waals surface area (Å²) < 4.78 is 19.9. The molecule has 0 bridgehead atoms. The fraction of sp³-hybridized carbons (Fsp3) is 0.278. The molecular formula is C18H20BrFN2O2. The van der Waals surface area contributed by atoms with Crippen LogP contribution in [0.25, 0.3) is 0 Å². The average Bonchev–Trinajstić information content (AvgIpc) is 2.56. The van der Waals surface area contributed by atoms with E-state index in [0.29, 0.717) is 6.54 Å². The number of halogens is 2. The number of methoxy groups -OCH3 is 1. The van der Waals surface area contributed by atoms with Crippen LogP contribution in [0.3, 0.4) is 0 Å². The smallest absolute Gasteiger partial charge is 0.241 e. The highest BCUT2D eigenvalue weighted by Gasteiger charge is 2.20. The second-order valence-electron chi connectivity index (χ2n) is 5.52. The van der Waals surface area contributed by atoms with Crippen LogP contribution in [-0.4, -0.2) is 31.0 Å². The Morgan fingerprint density at radius 1 is 1.33 bits per heavy atom. The number of hydrogen-bond donors (Lipinski definition) is 1. The number of hydrogen-bond acceptors (Lipinski definition) is 3. The van der Waals surface area contributed by atoms with E-state index in [-0.39, 0.29) is 11.6 Å². The van der Waals surface area contributed by atoms with E-state index in [1.807, 2.05) is 30.1 Å². The second kappa shape index (κ2) is 8.26. The van der Waals surface area contributed by atoms with Gasteiger partial charge in [0.05, 0.1) is 18.8 Å². The average molecular weight is 395 g/mol. The van der Waals surface area contributed by atoms with E-state index in [1.54, 1.807) is 26.2 Å². The number of likely N-dealkylation sites (N-methyl/N-ethyl adjacent to an activating group) is 1. The highest BCUT2D eigenvalue weighted by Crippen LogP contribution is 2.24. The highest BCUT2D eigenvalue weighted by atomic mass is 79.9. The number of para-hydroxylation sites is 1. The number of nitrogens with one attached hydrogen (secondary N) is 1. The van der Waals surface area contributed by atoms with Gasteiger partial charge in [-0.05, 0) is 44.3 Å². The normalized spacial score (nSPS) is 12.1. The van der Waals surface area contributed by atoms with E-state index < -0.39 is 11.9 Å². The molecule has 0 aromatic heterocycles. The van der Waals surface area contributed by atoms with Gasteiger partial charge in [-0.3, -0.25) is 9.69 Å². The summed E-state index contributed by atoms with van der Waals surface area (Å²) in [6.45, 7) is 2.30. The van der Waals surface area contributed by atoms with Crippen LogP contribution in [0, 0.1) is 5.82 Å². The van der Waals surface area contributed by atoms with Crippen molar-refractivity contribution in [1.82, 2.24) is 4.90 Å². The maximum Gasteiger partial charge on any atom is 0.241 e. The third-order valence-electron chi connectivity index (χ3n) is 3.83. The lowest BCUT2D eigenvalue weighted by Gasteiger charge is -2.25. The van der Waals surface area contributed by atoms with E-state index in [4.69, 9.17) is 4.74 Å². The number of benzene rings is 2. The molecule has 128 valence electrons. The highest BCUT2D eigenvalue weighted by molar-refractivity contribution is 9.10. The van der Waals surface area contributed by atoms with E-state index in [2.05, 4.69) is 21.2 Å². The third kappa shape index (κ3) is 4.55. The van der Waals surface area contributed by atoms with Crippen LogP contribution in [0.2, 0.25) is 0 Å². The van der Waals surface area contributed by atoms with Crippen molar-refractivity contribution in [3.8, 4) is 5.75 Å². The summed E-state index contributed by atoms with van der Waals surface area (Å²) in [5.41, 5.74) is 1.14. The van der Waals surface area contributed by atoms with E-state index in [1.165, 1.54) is 12.1 Å². The van der Waals surface area contributed by atoms with Crippen LogP contribution in [0.5, 0.6) is 5.75 Å². The molecule has 0 radical (unpaired) electrons. The van der Waals surface area contributed by atoms with Crippen molar-refractivity contribution in [3.05, 3.63) is 58.3 Å². The lowest BCUT2D eigenvalue weighted by molar-refractivity contribution is -0.120. The van der Waals surface area contributed by atoms with Crippen molar-refractivity contribution in [2.75, 3.05) is 19.5 Å². The molecule has 4 nitrogen and oxygen atoms in total. The Hall–Kier alpha value is -1.92. The molecule has 0 spiro atoms. The fourth-order valence-electron chi connectivity index (χ4n) is 2.28. The maximum atomic E-state index is 13.7. The van der Waals surface area contributed by atoms with Gasteiger partial charge < -0.3 is 10.1 Å². The Balaban J connectivity index is 2.06. The van der Waals surface area contributed by atoms with Gasteiger partial charge in [0, 0.05) is 16.6 Å². The largest absolute Gasteiger partial charge is 0.496 e. The van der Waals surface area contributed by atoms with E-state index in [0.717, 1.165) is 15.8 Å². The number of carbonyl (C=O) groups excluding carboxylic acids is 1. The topological polar surface area (TPSA) is 41.6 Å². The van der Waals surface area contributed by atoms with Crippen molar-refractivity contribution in [3.63, 3.8) is 0 Å². The molecule has 1 amide bonds. The first kappa shape index (κ1) is 18.4. The zero-order valence-corrected chi connectivity index (χ0v) is 15.4. The summed E-state index contributed by atoms with van der Waals surface area (Å²) in [5, 5.41) is 2.62. The minimum atomic E-state index is -0.450. The molecule has 0 unspecified atom stereocenters. The number of amides is 1. The predicted molar refractivity (Wildman–Crippen MR) is 96.7 cm³/mol. The number of anilines is 1. The summed E-state index contributed by atoms with van der Waals surface area (Å²) in [5.74, 6) is 0.0395. The monoisotopic (exact) mass is 394 g/mol. The Morgan fingerprint density at radius 3 is 2.71 bits per heavy atom. The van der Waals surface area contributed by atoms with Crippen molar-refractivity contribution in [2.45, 2.75) is 19.5 Å². The summed E-state index contributed by atoms with van der Waals surface area (Å²) in [4.78, 5) is 14.2. The van der Waals surface area contributed by atoms with Gasteiger partial charge in [-0.15, -0.1) is 0 Å². The quantitative estimate of drug-likeness (QED) is 0.802. The van der Waals surface area contributed by atoms with Gasteiger partial charge in [-0.25, -0.2) is 4.39 Å². The molecule has 0 aliphatic carbocycles. The molecule has 0 saturated heterocycles. The van der Waals surface area contributed by atoms with Gasteiger partial charge in [0.2, 0.25) is 5.91 Å². The second-order valence-corrected chi connectivity index (χ2v) is 6.43. The van der Waals surface area contributed by atoms with Crippen LogP contribution in [0.4, 0.5) is 10.1 Å². The standard InChI is InChI=1S/C18H20BrFN2O2/c1-12(18(23)21-16-7-5-4-6-15(16)20)22(2)11-13-10-14(19)8-9-17(13)24-3/h4-10,12H,11H2,1-3H3,(H,21,23)/t12-/m0/s1. The molecule has 2 aromatic rings. The molecule has 0 saturated carbocycles. The zero-order valence-electron chi connectivity index (χ0n) is 13.8. The zero-order chi connectivity index (χ0) is 17.7. The molecule has 0 heterocycles. The maximum absolute atomic E-state index is 13.7. The molecule has 0 aliphatic heterocycles. The summed E-state index contributed by atoms with van der Waals surface area (Å²) in [6, 6.07) is 11.4. The Labute approximate surface area is 149 Å². The number of nitrogens with zero attached hydrogens (tertiary/aromatic N) is 1. The van der Waals surface area contributed by atoms with E-state index >= 15 is 0 Å². The van der Waals surface area contributed by atoms with Crippen molar-refractivity contribution < 1.29 is 13.9 Å². The molecule has 1 N–H and O–H groups in total. The van der Waals surface area contributed by atoms with Crippen molar-refractivity contribution in [2.24, 2.45) is 0 Å². The minimum absolute atomic E-state index is 0.183. The minimum Gasteiger partial charge on any atom is -0.496 e. The van der Waals surface area contributed by atoms with Gasteiger partial charge in [0.1, 0.15) is 11.6 Å². The molecule has 24 heavy (non-hydrogen) atoms. The molecule has 0 aliphatic rings. The van der Waals surface area contributed by atoms with Crippen LogP contribution in [0.1, 0.15) is 12.5 Å². The molecule has 1 atom stereocenters. The molecular weight excluding hydrogens is 375 g/mol. The van der Waals surface area contributed by atoms with Gasteiger partial charge in [0.25, 0.3) is 0 Å². The molecule has 2 aromatic carbocycles. The fourth-order valence-corrected chi connectivity index (χ4v) is 2.68. The first-order valence-electron chi connectivity index (χ1n) is 7.50. The Bertz CT molecular complexity index is 724. The lowest BCUT2D eigenvalue weighted by Crippen LogP contribution is -2.39. The van der Waals surface area contributed by atoms with E-state index in [9.17, 15) is 9.18 Å². The van der Waals surface area contributed by atoms with Crippen LogP contribution in [-0.2, 0) is 11.3 Å². The predicted octanol–water partition coefficient (Wildman–Crippen LogP) is 4.06. The van der Waals surface area contributed by atoms with Gasteiger partial charge in [-0.2, -0.15) is 0 Å². The van der Waals surface area contributed by atoms with Gasteiger partial charge in [0.15, 0.2) is 0 Å². The number of ether oxygens (including phenoxy) is 1. The number of rotatable bonds is 6. The summed E-state index contributed by atoms with van der Waals surface area (Å²) in [6.07, 6.45) is 0. The van der Waals surface area contributed by atoms with Crippen LogP contribution >= 0.6 is 15.9 Å².